The fourth-order valence-electron chi connectivity index (χ4n) is 1.74. The number of benzene rings is 2. The lowest BCUT2D eigenvalue weighted by atomic mass is 9.97. The highest BCUT2D eigenvalue weighted by Gasteiger charge is 2.13. The van der Waals surface area contributed by atoms with Gasteiger partial charge in [0.05, 0.1) is 5.92 Å². The highest BCUT2D eigenvalue weighted by molar-refractivity contribution is 5.90. The lowest BCUT2D eigenvalue weighted by molar-refractivity contribution is -0.138. The Bertz CT molecular complexity index is 587. The van der Waals surface area contributed by atoms with E-state index in [-0.39, 0.29) is 0 Å². The number of carbonyl (C=O) groups excluding carboxylic acids is 1. The minimum absolute atomic E-state index is 0.497. The molecule has 2 rings (SSSR count). The average Bonchev–Trinajstić information content (AvgIpc) is 2.36. The minimum Gasteiger partial charge on any atom is -0.481 e. The zero-order valence-corrected chi connectivity index (χ0v) is 9.31. The van der Waals surface area contributed by atoms with Crippen LogP contribution in [0.3, 0.4) is 0 Å². The Morgan fingerprint density at radius 2 is 1.82 bits per heavy atom. The van der Waals surface area contributed by atoms with Gasteiger partial charge >= 0.3 is 5.97 Å². The molecule has 0 heterocycles. The van der Waals surface area contributed by atoms with E-state index in [4.69, 9.17) is 5.11 Å². The second-order valence-electron chi connectivity index (χ2n) is 3.98. The van der Waals surface area contributed by atoms with Crippen LogP contribution in [0.5, 0.6) is 0 Å². The molecule has 3 heteroatoms. The van der Waals surface area contributed by atoms with Crippen molar-refractivity contribution in [1.29, 1.82) is 0 Å². The summed E-state index contributed by atoms with van der Waals surface area (Å²) >= 11 is 0. The van der Waals surface area contributed by atoms with E-state index in [2.05, 4.69) is 0 Å². The number of aliphatic carboxylic acids is 1. The molecule has 0 fully saturated rings. The van der Waals surface area contributed by atoms with Crippen molar-refractivity contribution >= 4 is 23.0 Å². The van der Waals surface area contributed by atoms with Crippen LogP contribution < -0.4 is 0 Å². The molecule has 3 nitrogen and oxygen atoms in total. The molecule has 0 saturated carbocycles. The molecule has 0 amide bonds. The van der Waals surface area contributed by atoms with E-state index in [1.54, 1.807) is 31.2 Å². The van der Waals surface area contributed by atoms with Gasteiger partial charge < -0.3 is 5.11 Å². The first-order valence-electron chi connectivity index (χ1n) is 5.26. The Labute approximate surface area is 98.7 Å². The van der Waals surface area contributed by atoms with Crippen LogP contribution in [-0.4, -0.2) is 17.4 Å². The molecule has 1 N–H and O–H groups in total. The third-order valence-corrected chi connectivity index (χ3v) is 2.85. The number of carboxylic acids is 1. The Morgan fingerprint density at radius 3 is 2.47 bits per heavy atom. The summed E-state index contributed by atoms with van der Waals surface area (Å²) in [4.78, 5) is 21.4. The van der Waals surface area contributed by atoms with Gasteiger partial charge in [-0.3, -0.25) is 9.59 Å². The van der Waals surface area contributed by atoms with Crippen molar-refractivity contribution in [2.45, 2.75) is 12.8 Å². The molecule has 0 aliphatic rings. The SMILES string of the molecule is CC(C(=O)O)c1ccc2cc([C]=O)ccc2c1. The van der Waals surface area contributed by atoms with E-state index < -0.39 is 11.9 Å². The van der Waals surface area contributed by atoms with Gasteiger partial charge in [0.2, 0.25) is 6.29 Å². The van der Waals surface area contributed by atoms with Gasteiger partial charge in [0.25, 0.3) is 0 Å². The van der Waals surface area contributed by atoms with E-state index in [1.165, 1.54) is 0 Å². The molecule has 0 aliphatic heterocycles. The van der Waals surface area contributed by atoms with Crippen molar-refractivity contribution in [2.24, 2.45) is 0 Å². The number of hydrogen-bond acceptors (Lipinski definition) is 2. The van der Waals surface area contributed by atoms with Crippen LogP contribution in [0.15, 0.2) is 36.4 Å². The molecule has 1 radical (unpaired) electrons. The highest BCUT2D eigenvalue weighted by Crippen LogP contribution is 2.22. The standard InChI is InChI=1S/C14H11O3/c1-9(14(16)17)11-4-5-12-6-10(8-15)2-3-13(12)7-11/h2-7,9H,1H3,(H,16,17). The summed E-state index contributed by atoms with van der Waals surface area (Å²) in [5.41, 5.74) is 1.25. The maximum atomic E-state index is 10.9. The van der Waals surface area contributed by atoms with Crippen LogP contribution in [0.1, 0.15) is 24.0 Å². The van der Waals surface area contributed by atoms with E-state index in [1.807, 2.05) is 18.4 Å². The van der Waals surface area contributed by atoms with Crippen LogP contribution in [0.2, 0.25) is 0 Å². The summed E-state index contributed by atoms with van der Waals surface area (Å²) in [6.45, 7) is 1.65. The second kappa shape index (κ2) is 4.37. The van der Waals surface area contributed by atoms with Crippen molar-refractivity contribution in [3.05, 3.63) is 47.5 Å². The summed E-state index contributed by atoms with van der Waals surface area (Å²) in [6.07, 6.45) is 1.83. The van der Waals surface area contributed by atoms with E-state index in [9.17, 15) is 9.59 Å². The minimum atomic E-state index is -0.845. The monoisotopic (exact) mass is 227 g/mol. The Hall–Kier alpha value is -2.16. The third kappa shape index (κ3) is 2.18. The molecule has 0 aliphatic carbocycles. The van der Waals surface area contributed by atoms with Gasteiger partial charge in [-0.1, -0.05) is 30.3 Å². The lowest BCUT2D eigenvalue weighted by Gasteiger charge is -2.08. The van der Waals surface area contributed by atoms with Crippen LogP contribution in [-0.2, 0) is 9.59 Å². The van der Waals surface area contributed by atoms with Gasteiger partial charge in [-0.2, -0.15) is 0 Å². The molecule has 0 spiro atoms. The summed E-state index contributed by atoms with van der Waals surface area (Å²) in [7, 11) is 0. The van der Waals surface area contributed by atoms with Gasteiger partial charge in [0.1, 0.15) is 0 Å². The topological polar surface area (TPSA) is 54.4 Å². The zero-order chi connectivity index (χ0) is 12.4. The fourth-order valence-corrected chi connectivity index (χ4v) is 1.74. The quantitative estimate of drug-likeness (QED) is 0.876. The Morgan fingerprint density at radius 1 is 1.18 bits per heavy atom. The number of rotatable bonds is 3. The van der Waals surface area contributed by atoms with Crippen LogP contribution in [0.25, 0.3) is 10.8 Å². The van der Waals surface area contributed by atoms with Crippen molar-refractivity contribution < 1.29 is 14.7 Å². The molecule has 17 heavy (non-hydrogen) atoms. The van der Waals surface area contributed by atoms with E-state index in [0.29, 0.717) is 5.56 Å². The third-order valence-electron chi connectivity index (χ3n) is 2.85. The average molecular weight is 227 g/mol. The maximum Gasteiger partial charge on any atom is 0.310 e. The number of fused-ring (bicyclic) bond motifs is 1. The molecular formula is C14H11O3. The normalized spacial score (nSPS) is 12.3. The smallest absolute Gasteiger partial charge is 0.310 e. The van der Waals surface area contributed by atoms with Crippen LogP contribution >= 0.6 is 0 Å². The molecule has 0 saturated heterocycles. The molecule has 1 unspecified atom stereocenters. The first kappa shape index (κ1) is 11.3. The number of hydrogen-bond donors (Lipinski definition) is 1. The van der Waals surface area contributed by atoms with Crippen molar-refractivity contribution in [1.82, 2.24) is 0 Å². The fraction of sp³-hybridized carbons (Fsp3) is 0.143. The first-order chi connectivity index (χ1) is 8.11. The Balaban J connectivity index is 2.51. The van der Waals surface area contributed by atoms with Crippen molar-refractivity contribution in [3.8, 4) is 0 Å². The Kier molecular flexibility index (Phi) is 2.91. The second-order valence-corrected chi connectivity index (χ2v) is 3.98. The molecule has 85 valence electrons. The molecule has 0 aromatic heterocycles. The summed E-state index contributed by atoms with van der Waals surface area (Å²) in [5, 5.41) is 10.8. The molecule has 0 bridgehead atoms. The predicted molar refractivity (Wildman–Crippen MR) is 64.8 cm³/mol. The van der Waals surface area contributed by atoms with Gasteiger partial charge in [-0.25, -0.2) is 0 Å². The van der Waals surface area contributed by atoms with Crippen LogP contribution in [0, 0.1) is 0 Å². The predicted octanol–water partition coefficient (Wildman–Crippen LogP) is 2.49. The first-order valence-corrected chi connectivity index (χ1v) is 5.26. The molecule has 2 aromatic carbocycles. The summed E-state index contributed by atoms with van der Waals surface area (Å²) in [5.74, 6) is -1.38. The van der Waals surface area contributed by atoms with Crippen molar-refractivity contribution in [3.63, 3.8) is 0 Å². The lowest BCUT2D eigenvalue weighted by Crippen LogP contribution is -2.07. The number of carbonyl (C=O) groups is 1. The summed E-state index contributed by atoms with van der Waals surface area (Å²) < 4.78 is 0. The molecule has 2 aromatic rings. The molecule has 1 atom stereocenters. The van der Waals surface area contributed by atoms with Gasteiger partial charge in [-0.15, -0.1) is 0 Å². The van der Waals surface area contributed by atoms with Gasteiger partial charge in [-0.05, 0) is 29.3 Å². The summed E-state index contributed by atoms with van der Waals surface area (Å²) in [6, 6.07) is 10.6. The largest absolute Gasteiger partial charge is 0.481 e. The van der Waals surface area contributed by atoms with Crippen molar-refractivity contribution in [2.75, 3.05) is 0 Å². The maximum absolute atomic E-state index is 10.9. The van der Waals surface area contributed by atoms with Gasteiger partial charge in [0, 0.05) is 5.56 Å². The van der Waals surface area contributed by atoms with Gasteiger partial charge in [0.15, 0.2) is 0 Å². The molecular weight excluding hydrogens is 216 g/mol. The zero-order valence-electron chi connectivity index (χ0n) is 9.31. The highest BCUT2D eigenvalue weighted by atomic mass is 16.4. The van der Waals surface area contributed by atoms with Crippen LogP contribution in [0.4, 0.5) is 0 Å². The number of carboxylic acid groups (broad SMARTS) is 1. The van der Waals surface area contributed by atoms with E-state index >= 15 is 0 Å². The van der Waals surface area contributed by atoms with E-state index in [0.717, 1.165) is 16.3 Å².